The molecule has 0 saturated heterocycles. The second-order valence-corrected chi connectivity index (χ2v) is 4.10. The van der Waals surface area contributed by atoms with Crippen LogP contribution in [0.4, 0.5) is 4.39 Å². The Bertz CT molecular complexity index is 582. The number of hydrogen-bond acceptors (Lipinski definition) is 3. The normalized spacial score (nSPS) is 9.30. The van der Waals surface area contributed by atoms with Gasteiger partial charge in [0.15, 0.2) is 0 Å². The lowest BCUT2D eigenvalue weighted by Crippen LogP contribution is -2.28. The highest BCUT2D eigenvalue weighted by Gasteiger charge is 2.15. The number of rotatable bonds is 4. The van der Waals surface area contributed by atoms with Crippen LogP contribution in [-0.4, -0.2) is 36.1 Å². The number of hydrogen-bond donors (Lipinski definition) is 1. The molecule has 4 nitrogen and oxygen atoms in total. The van der Waals surface area contributed by atoms with Crippen molar-refractivity contribution in [3.05, 3.63) is 35.1 Å². The van der Waals surface area contributed by atoms with Gasteiger partial charge in [0, 0.05) is 25.6 Å². The van der Waals surface area contributed by atoms with E-state index in [9.17, 15) is 9.18 Å². The van der Waals surface area contributed by atoms with E-state index in [1.54, 1.807) is 7.05 Å². The van der Waals surface area contributed by atoms with Crippen LogP contribution < -0.4 is 0 Å². The number of nitrogens with zero attached hydrogens (tertiary/aromatic N) is 2. The van der Waals surface area contributed by atoms with Crippen LogP contribution in [0.5, 0.6) is 0 Å². The van der Waals surface area contributed by atoms with Crippen LogP contribution in [0.1, 0.15) is 28.8 Å². The number of amides is 1. The number of halogens is 1. The van der Waals surface area contributed by atoms with Gasteiger partial charge in [-0.2, -0.15) is 5.26 Å². The molecule has 1 N–H and O–H groups in total. The number of carbonyl (C=O) groups excluding carboxylic acids is 1. The van der Waals surface area contributed by atoms with Crippen molar-refractivity contribution in [1.82, 2.24) is 4.90 Å². The largest absolute Gasteiger partial charge is 0.395 e. The fourth-order valence-corrected chi connectivity index (χ4v) is 1.54. The first kappa shape index (κ1) is 15.7. The van der Waals surface area contributed by atoms with Gasteiger partial charge in [0.2, 0.25) is 0 Å². The zero-order chi connectivity index (χ0) is 15.0. The third kappa shape index (κ3) is 4.38. The van der Waals surface area contributed by atoms with Gasteiger partial charge in [-0.15, -0.1) is 0 Å². The summed E-state index contributed by atoms with van der Waals surface area (Å²) >= 11 is 0. The maximum Gasteiger partial charge on any atom is 0.255 e. The monoisotopic (exact) mass is 274 g/mol. The summed E-state index contributed by atoms with van der Waals surface area (Å²) in [6.07, 6.45) is 0.498. The minimum Gasteiger partial charge on any atom is -0.395 e. The molecular weight excluding hydrogens is 259 g/mol. The number of nitriles is 1. The Hall–Kier alpha value is -2.37. The predicted molar refractivity (Wildman–Crippen MR) is 72.2 cm³/mol. The minimum absolute atomic E-state index is 0.0699. The molecule has 1 aromatic rings. The van der Waals surface area contributed by atoms with Gasteiger partial charge in [-0.1, -0.05) is 11.8 Å². The van der Waals surface area contributed by atoms with E-state index in [1.165, 1.54) is 17.0 Å². The van der Waals surface area contributed by atoms with E-state index in [2.05, 4.69) is 11.8 Å². The molecule has 0 bridgehead atoms. The number of aliphatic hydroxyl groups is 1. The SMILES string of the molecule is CN(CCC#N)C(=O)c1cc(F)ccc1C#CCCO. The molecule has 0 radical (unpaired) electrons. The average molecular weight is 274 g/mol. The molecule has 104 valence electrons. The fraction of sp³-hybridized carbons (Fsp3) is 0.333. The Balaban J connectivity index is 3.03. The smallest absolute Gasteiger partial charge is 0.255 e. The molecule has 0 aromatic heterocycles. The third-order valence-electron chi connectivity index (χ3n) is 2.58. The lowest BCUT2D eigenvalue weighted by molar-refractivity contribution is 0.0797. The summed E-state index contributed by atoms with van der Waals surface area (Å²) in [6.45, 7) is 0.203. The van der Waals surface area contributed by atoms with Crippen LogP contribution >= 0.6 is 0 Å². The molecule has 0 fully saturated rings. The van der Waals surface area contributed by atoms with E-state index >= 15 is 0 Å². The highest BCUT2D eigenvalue weighted by atomic mass is 19.1. The molecule has 0 aliphatic rings. The summed E-state index contributed by atoms with van der Waals surface area (Å²) < 4.78 is 13.3. The van der Waals surface area contributed by atoms with E-state index in [0.717, 1.165) is 6.07 Å². The first-order valence-corrected chi connectivity index (χ1v) is 6.12. The van der Waals surface area contributed by atoms with Gasteiger partial charge in [0.05, 0.1) is 24.7 Å². The van der Waals surface area contributed by atoms with Crippen molar-refractivity contribution in [2.45, 2.75) is 12.8 Å². The molecule has 0 saturated carbocycles. The summed E-state index contributed by atoms with van der Waals surface area (Å²) in [5.74, 6) is 4.55. The molecule has 0 aliphatic carbocycles. The molecule has 5 heteroatoms. The van der Waals surface area contributed by atoms with E-state index in [1.807, 2.05) is 6.07 Å². The van der Waals surface area contributed by atoms with Crippen LogP contribution in [0, 0.1) is 29.0 Å². The van der Waals surface area contributed by atoms with Gasteiger partial charge < -0.3 is 10.0 Å². The van der Waals surface area contributed by atoms with Crippen molar-refractivity contribution >= 4 is 5.91 Å². The minimum atomic E-state index is -0.519. The summed E-state index contributed by atoms with van der Waals surface area (Å²) in [5.41, 5.74) is 0.574. The van der Waals surface area contributed by atoms with E-state index < -0.39 is 5.82 Å². The molecule has 0 atom stereocenters. The van der Waals surface area contributed by atoms with Crippen molar-refractivity contribution in [2.24, 2.45) is 0 Å². The van der Waals surface area contributed by atoms with Crippen LogP contribution in [0.15, 0.2) is 18.2 Å². The van der Waals surface area contributed by atoms with Gasteiger partial charge in [0.1, 0.15) is 5.82 Å². The number of aliphatic hydroxyl groups excluding tert-OH is 1. The van der Waals surface area contributed by atoms with E-state index in [-0.39, 0.29) is 37.5 Å². The predicted octanol–water partition coefficient (Wildman–Crippen LogP) is 1.55. The molecule has 20 heavy (non-hydrogen) atoms. The van der Waals surface area contributed by atoms with E-state index in [4.69, 9.17) is 10.4 Å². The Labute approximate surface area is 117 Å². The zero-order valence-electron chi connectivity index (χ0n) is 11.2. The molecule has 1 rings (SSSR count). The maximum absolute atomic E-state index is 13.3. The first-order chi connectivity index (χ1) is 9.60. The van der Waals surface area contributed by atoms with Crippen molar-refractivity contribution < 1.29 is 14.3 Å². The Kier molecular flexibility index (Phi) is 6.22. The van der Waals surface area contributed by atoms with Crippen LogP contribution in [-0.2, 0) is 0 Å². The molecule has 0 heterocycles. The summed E-state index contributed by atoms with van der Waals surface area (Å²) in [4.78, 5) is 13.5. The number of benzene rings is 1. The second-order valence-electron chi connectivity index (χ2n) is 4.10. The van der Waals surface area contributed by atoms with Crippen molar-refractivity contribution in [1.29, 1.82) is 5.26 Å². The molecule has 0 aliphatic heterocycles. The maximum atomic E-state index is 13.3. The van der Waals surface area contributed by atoms with Gasteiger partial charge >= 0.3 is 0 Å². The summed E-state index contributed by atoms with van der Waals surface area (Å²) in [7, 11) is 1.55. The Morgan fingerprint density at radius 3 is 2.85 bits per heavy atom. The van der Waals surface area contributed by atoms with Crippen LogP contribution in [0.25, 0.3) is 0 Å². The lowest BCUT2D eigenvalue weighted by Gasteiger charge is -2.16. The molecule has 1 amide bonds. The Morgan fingerprint density at radius 2 is 2.20 bits per heavy atom. The van der Waals surface area contributed by atoms with Gasteiger partial charge in [-0.25, -0.2) is 4.39 Å². The quantitative estimate of drug-likeness (QED) is 0.847. The van der Waals surface area contributed by atoms with Crippen molar-refractivity contribution in [3.63, 3.8) is 0 Å². The molecule has 0 spiro atoms. The zero-order valence-corrected chi connectivity index (χ0v) is 11.2. The van der Waals surface area contributed by atoms with Gasteiger partial charge in [0.25, 0.3) is 5.91 Å². The van der Waals surface area contributed by atoms with Gasteiger partial charge in [-0.05, 0) is 18.2 Å². The van der Waals surface area contributed by atoms with Crippen LogP contribution in [0.2, 0.25) is 0 Å². The Morgan fingerprint density at radius 1 is 1.45 bits per heavy atom. The standard InChI is InChI=1S/C15H15FN2O2/c1-18(9-4-8-17)15(20)14-11-13(16)7-6-12(14)5-2-3-10-19/h6-7,11,19H,3-4,9-10H2,1H3. The molecule has 0 unspecified atom stereocenters. The summed E-state index contributed by atoms with van der Waals surface area (Å²) in [5, 5.41) is 17.2. The third-order valence-corrected chi connectivity index (χ3v) is 2.58. The topological polar surface area (TPSA) is 64.3 Å². The highest BCUT2D eigenvalue weighted by molar-refractivity contribution is 5.96. The molecular formula is C15H15FN2O2. The van der Waals surface area contributed by atoms with Crippen molar-refractivity contribution in [2.75, 3.05) is 20.2 Å². The fourth-order valence-electron chi connectivity index (χ4n) is 1.54. The molecule has 1 aromatic carbocycles. The highest BCUT2D eigenvalue weighted by Crippen LogP contribution is 2.13. The average Bonchev–Trinajstić information content (AvgIpc) is 2.45. The first-order valence-electron chi connectivity index (χ1n) is 6.12. The number of carbonyl (C=O) groups is 1. The van der Waals surface area contributed by atoms with Crippen LogP contribution in [0.3, 0.4) is 0 Å². The second kappa shape index (κ2) is 7.93. The van der Waals surface area contributed by atoms with Gasteiger partial charge in [-0.3, -0.25) is 4.79 Å². The van der Waals surface area contributed by atoms with Crippen molar-refractivity contribution in [3.8, 4) is 17.9 Å². The lowest BCUT2D eigenvalue weighted by atomic mass is 10.1. The summed E-state index contributed by atoms with van der Waals surface area (Å²) in [6, 6.07) is 5.75. The van der Waals surface area contributed by atoms with E-state index in [0.29, 0.717) is 5.56 Å².